The Morgan fingerprint density at radius 1 is 1.20 bits per heavy atom. The van der Waals surface area contributed by atoms with E-state index in [1.54, 1.807) is 13.8 Å². The Labute approximate surface area is 114 Å². The second-order valence-corrected chi connectivity index (χ2v) is 4.82. The van der Waals surface area contributed by atoms with Crippen molar-refractivity contribution in [2.75, 3.05) is 6.61 Å². The van der Waals surface area contributed by atoms with Crippen molar-refractivity contribution in [2.24, 2.45) is 0 Å². The highest BCUT2D eigenvalue weighted by molar-refractivity contribution is 5.40. The summed E-state index contributed by atoms with van der Waals surface area (Å²) in [6, 6.07) is 3.20. The molecule has 3 nitrogen and oxygen atoms in total. The molecule has 0 bridgehead atoms. The maximum Gasteiger partial charge on any atom is 0.420 e. The molecule has 114 valence electrons. The van der Waals surface area contributed by atoms with E-state index in [1.165, 1.54) is 0 Å². The molecular formula is C13H16F4O3. The molecule has 0 saturated heterocycles. The van der Waals surface area contributed by atoms with Crippen LogP contribution in [0.4, 0.5) is 17.6 Å². The van der Waals surface area contributed by atoms with Crippen molar-refractivity contribution in [2.45, 2.75) is 38.7 Å². The third-order valence-corrected chi connectivity index (χ3v) is 2.39. The number of rotatable bonds is 5. The number of aliphatic hydroxyl groups is 1. The van der Waals surface area contributed by atoms with Gasteiger partial charge in [-0.1, -0.05) is 0 Å². The molecule has 7 heteroatoms. The van der Waals surface area contributed by atoms with Gasteiger partial charge in [0.05, 0.1) is 6.10 Å². The van der Waals surface area contributed by atoms with E-state index in [9.17, 15) is 22.7 Å². The third-order valence-electron chi connectivity index (χ3n) is 2.39. The lowest BCUT2D eigenvalue weighted by Gasteiger charge is -2.26. The van der Waals surface area contributed by atoms with Gasteiger partial charge in [-0.25, -0.2) is 4.39 Å². The number of halogens is 4. The molecule has 1 N–H and O–H groups in total. The van der Waals surface area contributed by atoms with Crippen molar-refractivity contribution >= 4 is 0 Å². The Balaban J connectivity index is 2.87. The van der Waals surface area contributed by atoms with E-state index in [1.807, 2.05) is 0 Å². The van der Waals surface area contributed by atoms with Gasteiger partial charge >= 0.3 is 6.18 Å². The molecule has 0 aliphatic carbocycles. The van der Waals surface area contributed by atoms with Gasteiger partial charge in [-0.15, -0.1) is 0 Å². The zero-order valence-electron chi connectivity index (χ0n) is 11.3. The van der Waals surface area contributed by atoms with E-state index >= 15 is 0 Å². The highest BCUT2D eigenvalue weighted by Crippen LogP contribution is 2.33. The number of benzene rings is 1. The minimum absolute atomic E-state index is 0.0158. The van der Waals surface area contributed by atoms with Crippen LogP contribution in [0.3, 0.4) is 0 Å². The van der Waals surface area contributed by atoms with Gasteiger partial charge in [-0.05, 0) is 32.9 Å². The lowest BCUT2D eigenvalue weighted by atomic mass is 10.1. The SMILES string of the molecule is CC(C)Oc1cc(F)ccc1OCC(C)(O)C(F)(F)F. The Hall–Kier alpha value is -1.50. The molecule has 0 spiro atoms. The van der Waals surface area contributed by atoms with Gasteiger partial charge in [-0.2, -0.15) is 13.2 Å². The van der Waals surface area contributed by atoms with E-state index in [0.29, 0.717) is 6.92 Å². The van der Waals surface area contributed by atoms with Gasteiger partial charge < -0.3 is 14.6 Å². The van der Waals surface area contributed by atoms with E-state index in [4.69, 9.17) is 9.47 Å². The summed E-state index contributed by atoms with van der Waals surface area (Å²) in [4.78, 5) is 0. The first-order chi connectivity index (χ1) is 9.03. The molecule has 0 heterocycles. The number of hydrogen-bond donors (Lipinski definition) is 1. The molecule has 0 saturated carbocycles. The second kappa shape index (κ2) is 5.87. The van der Waals surface area contributed by atoms with Crippen LogP contribution < -0.4 is 9.47 Å². The van der Waals surface area contributed by atoms with Gasteiger partial charge in [0, 0.05) is 6.07 Å². The molecule has 1 rings (SSSR count). The topological polar surface area (TPSA) is 38.7 Å². The van der Waals surface area contributed by atoms with E-state index in [2.05, 4.69) is 0 Å². The first-order valence-electron chi connectivity index (χ1n) is 5.91. The maximum absolute atomic E-state index is 13.1. The summed E-state index contributed by atoms with van der Waals surface area (Å²) in [7, 11) is 0. The molecule has 0 aliphatic heterocycles. The molecule has 0 radical (unpaired) electrons. The van der Waals surface area contributed by atoms with Crippen LogP contribution in [0.2, 0.25) is 0 Å². The molecular weight excluding hydrogens is 280 g/mol. The Morgan fingerprint density at radius 3 is 2.30 bits per heavy atom. The smallest absolute Gasteiger partial charge is 0.420 e. The first kappa shape index (κ1) is 16.6. The summed E-state index contributed by atoms with van der Waals surface area (Å²) >= 11 is 0. The summed E-state index contributed by atoms with van der Waals surface area (Å²) < 4.78 is 60.7. The fraction of sp³-hybridized carbons (Fsp3) is 0.538. The minimum atomic E-state index is -4.83. The molecule has 0 amide bonds. The van der Waals surface area contributed by atoms with Crippen molar-refractivity contribution in [3.05, 3.63) is 24.0 Å². The average Bonchev–Trinajstić information content (AvgIpc) is 2.25. The Bertz CT molecular complexity index is 455. The molecule has 1 aromatic rings. The monoisotopic (exact) mass is 296 g/mol. The highest BCUT2D eigenvalue weighted by atomic mass is 19.4. The van der Waals surface area contributed by atoms with E-state index in [-0.39, 0.29) is 17.6 Å². The predicted octanol–water partition coefficient (Wildman–Crippen LogP) is 3.31. The van der Waals surface area contributed by atoms with Crippen molar-refractivity contribution in [1.29, 1.82) is 0 Å². The quantitative estimate of drug-likeness (QED) is 0.847. The number of ether oxygens (including phenoxy) is 2. The molecule has 0 fully saturated rings. The van der Waals surface area contributed by atoms with Gasteiger partial charge in [0.15, 0.2) is 17.1 Å². The second-order valence-electron chi connectivity index (χ2n) is 4.82. The Kier molecular flexibility index (Phi) is 4.86. The molecule has 1 unspecified atom stereocenters. The van der Waals surface area contributed by atoms with Crippen LogP contribution in [0.1, 0.15) is 20.8 Å². The van der Waals surface area contributed by atoms with Crippen LogP contribution >= 0.6 is 0 Å². The van der Waals surface area contributed by atoms with Crippen LogP contribution in [0.15, 0.2) is 18.2 Å². The third kappa shape index (κ3) is 4.26. The minimum Gasteiger partial charge on any atom is -0.487 e. The van der Waals surface area contributed by atoms with Gasteiger partial charge in [0.2, 0.25) is 0 Å². The molecule has 0 aliphatic rings. The van der Waals surface area contributed by atoms with Gasteiger partial charge in [0.25, 0.3) is 0 Å². The molecule has 1 atom stereocenters. The summed E-state index contributed by atoms with van der Waals surface area (Å²) in [6.45, 7) is 2.94. The summed E-state index contributed by atoms with van der Waals surface area (Å²) in [5, 5.41) is 9.27. The normalized spacial score (nSPS) is 15.1. The standard InChI is InChI=1S/C13H16F4O3/c1-8(2)20-11-6-9(14)4-5-10(11)19-7-12(3,18)13(15,16)17/h4-6,8,18H,7H2,1-3H3. The van der Waals surface area contributed by atoms with Crippen molar-refractivity contribution in [1.82, 2.24) is 0 Å². The largest absolute Gasteiger partial charge is 0.487 e. The van der Waals surface area contributed by atoms with Crippen molar-refractivity contribution < 1.29 is 32.1 Å². The van der Waals surface area contributed by atoms with E-state index in [0.717, 1.165) is 18.2 Å². The summed E-state index contributed by atoms with van der Waals surface area (Å²) in [6.07, 6.45) is -5.13. The van der Waals surface area contributed by atoms with Crippen LogP contribution in [0.5, 0.6) is 11.5 Å². The lowest BCUT2D eigenvalue weighted by Crippen LogP contribution is -2.47. The molecule has 20 heavy (non-hydrogen) atoms. The average molecular weight is 296 g/mol. The van der Waals surface area contributed by atoms with Crippen molar-refractivity contribution in [3.63, 3.8) is 0 Å². The van der Waals surface area contributed by atoms with Crippen LogP contribution in [0.25, 0.3) is 0 Å². The van der Waals surface area contributed by atoms with Crippen molar-refractivity contribution in [3.8, 4) is 11.5 Å². The van der Waals surface area contributed by atoms with Crippen LogP contribution in [0, 0.1) is 5.82 Å². The highest BCUT2D eigenvalue weighted by Gasteiger charge is 2.50. The van der Waals surface area contributed by atoms with Gasteiger partial charge in [-0.3, -0.25) is 0 Å². The summed E-state index contributed by atoms with van der Waals surface area (Å²) in [5.41, 5.74) is -3.00. The molecule has 1 aromatic carbocycles. The first-order valence-corrected chi connectivity index (χ1v) is 5.91. The van der Waals surface area contributed by atoms with Crippen LogP contribution in [-0.4, -0.2) is 29.6 Å². The summed E-state index contributed by atoms with van der Waals surface area (Å²) in [5.74, 6) is -0.682. The lowest BCUT2D eigenvalue weighted by molar-refractivity contribution is -0.260. The number of hydrogen-bond acceptors (Lipinski definition) is 3. The zero-order chi connectivity index (χ0) is 15.6. The zero-order valence-corrected chi connectivity index (χ0v) is 11.3. The number of alkyl halides is 3. The fourth-order valence-corrected chi connectivity index (χ4v) is 1.25. The van der Waals surface area contributed by atoms with E-state index < -0.39 is 24.2 Å². The molecule has 0 aromatic heterocycles. The Morgan fingerprint density at radius 2 is 1.80 bits per heavy atom. The van der Waals surface area contributed by atoms with Crippen LogP contribution in [-0.2, 0) is 0 Å². The fourth-order valence-electron chi connectivity index (χ4n) is 1.25. The predicted molar refractivity (Wildman–Crippen MR) is 64.3 cm³/mol. The maximum atomic E-state index is 13.1. The van der Waals surface area contributed by atoms with Gasteiger partial charge in [0.1, 0.15) is 12.4 Å².